The standard InChI is InChI=1S/C17H28BrFOSi/c1-13(2)17(3,4)21(5,6)20-11-7-8-14-9-10-15(19)12-16(14)18/h9-10,12-13H,7-8,11H2,1-6H3. The zero-order valence-corrected chi connectivity index (χ0v) is 16.7. The molecule has 0 bridgehead atoms. The highest BCUT2D eigenvalue weighted by Gasteiger charge is 2.42. The van der Waals surface area contributed by atoms with E-state index in [0.29, 0.717) is 5.92 Å². The van der Waals surface area contributed by atoms with Crippen molar-refractivity contribution in [2.24, 2.45) is 5.92 Å². The van der Waals surface area contributed by atoms with E-state index >= 15 is 0 Å². The van der Waals surface area contributed by atoms with Gasteiger partial charge in [0, 0.05) is 11.1 Å². The van der Waals surface area contributed by atoms with Gasteiger partial charge in [0.2, 0.25) is 0 Å². The first-order valence-corrected chi connectivity index (χ1v) is 11.4. The summed E-state index contributed by atoms with van der Waals surface area (Å²) in [6.07, 6.45) is 1.88. The number of halogens is 2. The van der Waals surface area contributed by atoms with Gasteiger partial charge in [0.1, 0.15) is 5.82 Å². The molecule has 0 spiro atoms. The molecule has 0 saturated carbocycles. The van der Waals surface area contributed by atoms with Crippen LogP contribution in [0.4, 0.5) is 4.39 Å². The Hall–Kier alpha value is -0.193. The third-order valence-corrected chi connectivity index (χ3v) is 10.4. The topological polar surface area (TPSA) is 9.23 Å². The van der Waals surface area contributed by atoms with Crippen molar-refractivity contribution in [3.8, 4) is 0 Å². The highest BCUT2D eigenvalue weighted by Crippen LogP contribution is 2.44. The summed E-state index contributed by atoms with van der Waals surface area (Å²) in [5.41, 5.74) is 1.14. The summed E-state index contributed by atoms with van der Waals surface area (Å²) in [6.45, 7) is 14.6. The molecule has 0 heterocycles. The number of rotatable bonds is 7. The van der Waals surface area contributed by atoms with Crippen LogP contribution in [0.2, 0.25) is 18.1 Å². The average Bonchev–Trinajstić information content (AvgIpc) is 2.36. The van der Waals surface area contributed by atoms with Gasteiger partial charge in [-0.15, -0.1) is 0 Å². The quantitative estimate of drug-likeness (QED) is 0.408. The van der Waals surface area contributed by atoms with Crippen molar-refractivity contribution in [2.45, 2.75) is 58.7 Å². The molecule has 0 radical (unpaired) electrons. The Kier molecular flexibility index (Phi) is 6.63. The molecule has 1 aromatic rings. The van der Waals surface area contributed by atoms with E-state index in [1.165, 1.54) is 12.1 Å². The summed E-state index contributed by atoms with van der Waals surface area (Å²) in [5.74, 6) is 0.416. The molecule has 0 aliphatic rings. The first-order valence-electron chi connectivity index (χ1n) is 7.66. The smallest absolute Gasteiger partial charge is 0.192 e. The monoisotopic (exact) mass is 374 g/mol. The molecule has 0 unspecified atom stereocenters. The maximum atomic E-state index is 13.0. The van der Waals surface area contributed by atoms with E-state index in [1.807, 2.05) is 6.07 Å². The number of hydrogen-bond donors (Lipinski definition) is 0. The van der Waals surface area contributed by atoms with E-state index in [9.17, 15) is 4.39 Å². The van der Waals surface area contributed by atoms with Crippen LogP contribution in [0.5, 0.6) is 0 Å². The first kappa shape index (κ1) is 18.9. The zero-order chi connectivity index (χ0) is 16.3. The predicted molar refractivity (Wildman–Crippen MR) is 94.7 cm³/mol. The molecule has 0 aliphatic heterocycles. The molecule has 1 aromatic carbocycles. The number of benzene rings is 1. The van der Waals surface area contributed by atoms with Gasteiger partial charge >= 0.3 is 0 Å². The molecule has 0 amide bonds. The average molecular weight is 375 g/mol. The molecular formula is C17H28BrFOSi. The molecule has 0 aliphatic carbocycles. The van der Waals surface area contributed by atoms with Gasteiger partial charge < -0.3 is 4.43 Å². The highest BCUT2D eigenvalue weighted by atomic mass is 79.9. The Morgan fingerprint density at radius 3 is 2.43 bits per heavy atom. The van der Waals surface area contributed by atoms with Gasteiger partial charge in [0.05, 0.1) is 0 Å². The molecule has 21 heavy (non-hydrogen) atoms. The maximum absolute atomic E-state index is 13.0. The zero-order valence-electron chi connectivity index (χ0n) is 14.1. The Bertz CT molecular complexity index is 472. The van der Waals surface area contributed by atoms with Crippen LogP contribution < -0.4 is 0 Å². The van der Waals surface area contributed by atoms with E-state index in [4.69, 9.17) is 4.43 Å². The van der Waals surface area contributed by atoms with Crippen LogP contribution in [-0.2, 0) is 10.8 Å². The third-order valence-electron chi connectivity index (χ3n) is 5.06. The van der Waals surface area contributed by atoms with Gasteiger partial charge in [-0.2, -0.15) is 0 Å². The number of hydrogen-bond acceptors (Lipinski definition) is 1. The second-order valence-corrected chi connectivity index (χ2v) is 12.5. The van der Waals surface area contributed by atoms with Gasteiger partial charge in [0.25, 0.3) is 0 Å². The molecule has 1 nitrogen and oxygen atoms in total. The van der Waals surface area contributed by atoms with Gasteiger partial charge in [-0.3, -0.25) is 0 Å². The van der Waals surface area contributed by atoms with E-state index in [1.54, 1.807) is 0 Å². The molecule has 0 fully saturated rings. The summed E-state index contributed by atoms with van der Waals surface area (Å²) < 4.78 is 20.2. The summed E-state index contributed by atoms with van der Waals surface area (Å²) in [7, 11) is -1.73. The molecule has 0 N–H and O–H groups in total. The van der Waals surface area contributed by atoms with E-state index in [2.05, 4.69) is 56.7 Å². The summed E-state index contributed by atoms with van der Waals surface area (Å²) in [6, 6.07) is 4.89. The summed E-state index contributed by atoms with van der Waals surface area (Å²) >= 11 is 3.42. The Balaban J connectivity index is 2.50. The van der Waals surface area contributed by atoms with Crippen LogP contribution in [0, 0.1) is 11.7 Å². The van der Waals surface area contributed by atoms with Gasteiger partial charge in [-0.05, 0) is 54.6 Å². The van der Waals surface area contributed by atoms with E-state index < -0.39 is 8.32 Å². The lowest BCUT2D eigenvalue weighted by atomic mass is 9.99. The Morgan fingerprint density at radius 1 is 1.29 bits per heavy atom. The molecule has 4 heteroatoms. The lowest BCUT2D eigenvalue weighted by Crippen LogP contribution is -2.45. The lowest BCUT2D eigenvalue weighted by Gasteiger charge is -2.42. The molecule has 0 saturated heterocycles. The molecule has 120 valence electrons. The van der Waals surface area contributed by atoms with Crippen molar-refractivity contribution in [1.29, 1.82) is 0 Å². The van der Waals surface area contributed by atoms with Crippen LogP contribution >= 0.6 is 15.9 Å². The fraction of sp³-hybridized carbons (Fsp3) is 0.647. The van der Waals surface area contributed by atoms with Crippen LogP contribution in [0.15, 0.2) is 22.7 Å². The Labute approximate surface area is 138 Å². The predicted octanol–water partition coefficient (Wildman–Crippen LogP) is 6.18. The van der Waals surface area contributed by atoms with Crippen LogP contribution in [0.3, 0.4) is 0 Å². The fourth-order valence-corrected chi connectivity index (χ4v) is 5.16. The van der Waals surface area contributed by atoms with Crippen molar-refractivity contribution < 1.29 is 8.82 Å². The van der Waals surface area contributed by atoms with Crippen LogP contribution in [0.1, 0.15) is 39.7 Å². The van der Waals surface area contributed by atoms with Crippen LogP contribution in [-0.4, -0.2) is 14.9 Å². The minimum atomic E-state index is -1.73. The van der Waals surface area contributed by atoms with Crippen molar-refractivity contribution >= 4 is 24.2 Å². The van der Waals surface area contributed by atoms with Crippen LogP contribution in [0.25, 0.3) is 0 Å². The molecular weight excluding hydrogens is 347 g/mol. The SMILES string of the molecule is CC(C)C(C)(C)[Si](C)(C)OCCCc1ccc(F)cc1Br. The normalized spacial score (nSPS) is 13.0. The van der Waals surface area contributed by atoms with Gasteiger partial charge in [-0.1, -0.05) is 49.7 Å². The van der Waals surface area contributed by atoms with Gasteiger partial charge in [0.15, 0.2) is 8.32 Å². The first-order chi connectivity index (χ1) is 9.58. The lowest BCUT2D eigenvalue weighted by molar-refractivity contribution is 0.262. The van der Waals surface area contributed by atoms with Crippen molar-refractivity contribution in [2.75, 3.05) is 6.61 Å². The summed E-state index contributed by atoms with van der Waals surface area (Å²) in [5, 5.41) is 0.253. The van der Waals surface area contributed by atoms with Crippen molar-refractivity contribution in [3.63, 3.8) is 0 Å². The van der Waals surface area contributed by atoms with E-state index in [0.717, 1.165) is 29.5 Å². The largest absolute Gasteiger partial charge is 0.417 e. The molecule has 0 aromatic heterocycles. The minimum Gasteiger partial charge on any atom is -0.417 e. The molecule has 1 rings (SSSR count). The minimum absolute atomic E-state index is 0.200. The fourth-order valence-electron chi connectivity index (χ4n) is 2.20. The summed E-state index contributed by atoms with van der Waals surface area (Å²) in [4.78, 5) is 0. The number of aryl methyl sites for hydroxylation is 1. The maximum Gasteiger partial charge on any atom is 0.192 e. The van der Waals surface area contributed by atoms with Crippen molar-refractivity contribution in [1.82, 2.24) is 0 Å². The second kappa shape index (κ2) is 7.38. The Morgan fingerprint density at radius 2 is 1.90 bits per heavy atom. The molecule has 0 atom stereocenters. The van der Waals surface area contributed by atoms with E-state index in [-0.39, 0.29) is 10.9 Å². The van der Waals surface area contributed by atoms with Gasteiger partial charge in [-0.25, -0.2) is 4.39 Å². The van der Waals surface area contributed by atoms with Crippen molar-refractivity contribution in [3.05, 3.63) is 34.1 Å². The highest BCUT2D eigenvalue weighted by molar-refractivity contribution is 9.10. The second-order valence-electron chi connectivity index (χ2n) is 7.07. The third kappa shape index (κ3) is 4.90.